The molecule has 0 aliphatic heterocycles. The Balaban J connectivity index is 1.85. The van der Waals surface area contributed by atoms with Crippen molar-refractivity contribution in [2.24, 2.45) is 7.05 Å². The molecule has 0 unspecified atom stereocenters. The number of aromatic nitrogens is 3. The van der Waals surface area contributed by atoms with Crippen LogP contribution in [-0.4, -0.2) is 20.7 Å². The summed E-state index contributed by atoms with van der Waals surface area (Å²) in [4.78, 5) is 12.5. The number of amides is 1. The molecule has 0 saturated heterocycles. The monoisotopic (exact) mass is 320 g/mol. The van der Waals surface area contributed by atoms with Crippen LogP contribution >= 0.6 is 15.9 Å². The highest BCUT2D eigenvalue weighted by Gasteiger charge is 2.51. The molecule has 1 N–H and O–H groups in total. The van der Waals surface area contributed by atoms with Crippen molar-refractivity contribution >= 4 is 27.8 Å². The van der Waals surface area contributed by atoms with E-state index in [9.17, 15) is 4.79 Å². The molecule has 0 bridgehead atoms. The van der Waals surface area contributed by atoms with Crippen molar-refractivity contribution in [3.05, 3.63) is 40.6 Å². The topological polar surface area (TPSA) is 59.8 Å². The molecular weight excluding hydrogens is 308 g/mol. The highest BCUT2D eigenvalue weighted by molar-refractivity contribution is 9.10. The molecule has 1 fully saturated rings. The maximum atomic E-state index is 12.5. The summed E-state index contributed by atoms with van der Waals surface area (Å²) in [6.07, 6.45) is 3.30. The molecule has 98 valence electrons. The van der Waals surface area contributed by atoms with Gasteiger partial charge in [0.2, 0.25) is 11.9 Å². The van der Waals surface area contributed by atoms with Gasteiger partial charge in [0.05, 0.1) is 5.41 Å². The second-order valence-electron chi connectivity index (χ2n) is 4.81. The van der Waals surface area contributed by atoms with Gasteiger partial charge in [-0.3, -0.25) is 10.1 Å². The lowest BCUT2D eigenvalue weighted by molar-refractivity contribution is -0.118. The van der Waals surface area contributed by atoms with E-state index in [0.29, 0.717) is 5.95 Å². The smallest absolute Gasteiger partial charge is 0.237 e. The first kappa shape index (κ1) is 12.3. The highest BCUT2D eigenvalue weighted by Crippen LogP contribution is 2.49. The predicted octanol–water partition coefficient (Wildman–Crippen LogP) is 2.25. The summed E-state index contributed by atoms with van der Waals surface area (Å²) >= 11 is 3.45. The van der Waals surface area contributed by atoms with Crippen LogP contribution in [0.2, 0.25) is 0 Å². The molecule has 1 aliphatic carbocycles. The van der Waals surface area contributed by atoms with E-state index in [0.717, 1.165) is 22.9 Å². The molecule has 3 rings (SSSR count). The van der Waals surface area contributed by atoms with Gasteiger partial charge in [-0.1, -0.05) is 28.1 Å². The number of nitrogens with one attached hydrogen (secondary N) is 1. The van der Waals surface area contributed by atoms with Gasteiger partial charge in [-0.2, -0.15) is 0 Å². The summed E-state index contributed by atoms with van der Waals surface area (Å²) in [5, 5.41) is 10.5. The molecule has 1 aromatic carbocycles. The van der Waals surface area contributed by atoms with E-state index in [-0.39, 0.29) is 5.91 Å². The Hall–Kier alpha value is -1.69. The fraction of sp³-hybridized carbons (Fsp3) is 0.308. The van der Waals surface area contributed by atoms with Crippen LogP contribution < -0.4 is 5.32 Å². The molecule has 1 aliphatic rings. The van der Waals surface area contributed by atoms with Crippen molar-refractivity contribution in [1.29, 1.82) is 0 Å². The van der Waals surface area contributed by atoms with Gasteiger partial charge in [0, 0.05) is 11.5 Å². The molecular formula is C13H13BrN4O. The van der Waals surface area contributed by atoms with Gasteiger partial charge < -0.3 is 4.57 Å². The van der Waals surface area contributed by atoms with E-state index in [2.05, 4.69) is 31.4 Å². The summed E-state index contributed by atoms with van der Waals surface area (Å²) in [5.74, 6) is 0.466. The first-order valence-corrected chi connectivity index (χ1v) is 6.83. The van der Waals surface area contributed by atoms with Crippen molar-refractivity contribution in [2.45, 2.75) is 18.3 Å². The van der Waals surface area contributed by atoms with Crippen LogP contribution in [0.15, 0.2) is 35.1 Å². The predicted molar refractivity (Wildman–Crippen MR) is 74.7 cm³/mol. The Morgan fingerprint density at radius 1 is 1.47 bits per heavy atom. The zero-order chi connectivity index (χ0) is 13.5. The van der Waals surface area contributed by atoms with Crippen LogP contribution in [0.1, 0.15) is 18.4 Å². The fourth-order valence-electron chi connectivity index (χ4n) is 2.18. The molecule has 1 aromatic heterocycles. The van der Waals surface area contributed by atoms with E-state index in [1.54, 1.807) is 17.9 Å². The Kier molecular flexibility index (Phi) is 2.89. The van der Waals surface area contributed by atoms with Crippen molar-refractivity contribution in [2.75, 3.05) is 5.32 Å². The first-order valence-electron chi connectivity index (χ1n) is 6.03. The Morgan fingerprint density at radius 3 is 2.84 bits per heavy atom. The third kappa shape index (κ3) is 2.16. The zero-order valence-electron chi connectivity index (χ0n) is 10.4. The molecule has 0 radical (unpaired) electrons. The van der Waals surface area contributed by atoms with Crippen LogP contribution in [-0.2, 0) is 17.3 Å². The first-order chi connectivity index (χ1) is 9.12. The van der Waals surface area contributed by atoms with Crippen LogP contribution in [0, 0.1) is 0 Å². The third-order valence-electron chi connectivity index (χ3n) is 3.50. The van der Waals surface area contributed by atoms with Gasteiger partial charge in [-0.25, -0.2) is 0 Å². The van der Waals surface area contributed by atoms with Crippen molar-refractivity contribution in [3.8, 4) is 0 Å². The van der Waals surface area contributed by atoms with E-state index in [4.69, 9.17) is 0 Å². The molecule has 5 nitrogen and oxygen atoms in total. The fourth-order valence-corrected chi connectivity index (χ4v) is 2.57. The SMILES string of the molecule is Cn1cnnc1NC(=O)C1(c2cccc(Br)c2)CC1. The third-order valence-corrected chi connectivity index (χ3v) is 3.99. The average molecular weight is 321 g/mol. The minimum atomic E-state index is -0.407. The number of carbonyl (C=O) groups excluding carboxylic acids is 1. The maximum absolute atomic E-state index is 12.5. The van der Waals surface area contributed by atoms with Gasteiger partial charge in [0.25, 0.3) is 0 Å². The lowest BCUT2D eigenvalue weighted by atomic mass is 9.95. The van der Waals surface area contributed by atoms with Crippen molar-refractivity contribution in [1.82, 2.24) is 14.8 Å². The number of aryl methyl sites for hydroxylation is 1. The number of hydrogen-bond donors (Lipinski definition) is 1. The molecule has 1 saturated carbocycles. The molecule has 1 heterocycles. The standard InChI is InChI=1S/C13H13BrN4O/c1-18-8-15-17-12(18)16-11(19)13(5-6-13)9-3-2-4-10(14)7-9/h2-4,7-8H,5-6H2,1H3,(H,16,17,19). The van der Waals surface area contributed by atoms with Gasteiger partial charge >= 0.3 is 0 Å². The second kappa shape index (κ2) is 4.45. The molecule has 0 spiro atoms. The second-order valence-corrected chi connectivity index (χ2v) is 5.73. The molecule has 2 aromatic rings. The van der Waals surface area contributed by atoms with Crippen molar-refractivity contribution in [3.63, 3.8) is 0 Å². The largest absolute Gasteiger partial charge is 0.303 e. The zero-order valence-corrected chi connectivity index (χ0v) is 12.0. The van der Waals surface area contributed by atoms with E-state index in [1.165, 1.54) is 0 Å². The number of carbonyl (C=O) groups is 1. The summed E-state index contributed by atoms with van der Waals surface area (Å²) in [7, 11) is 1.80. The summed E-state index contributed by atoms with van der Waals surface area (Å²) < 4.78 is 2.68. The summed E-state index contributed by atoms with van der Waals surface area (Å²) in [6, 6.07) is 7.91. The molecule has 0 atom stereocenters. The van der Waals surface area contributed by atoms with Crippen LogP contribution in [0.3, 0.4) is 0 Å². The quantitative estimate of drug-likeness (QED) is 0.943. The minimum Gasteiger partial charge on any atom is -0.303 e. The lowest BCUT2D eigenvalue weighted by Gasteiger charge is -2.15. The minimum absolute atomic E-state index is 0.0123. The van der Waals surface area contributed by atoms with Gasteiger partial charge in [0.1, 0.15) is 6.33 Å². The average Bonchev–Trinajstić information content (AvgIpc) is 3.11. The van der Waals surface area contributed by atoms with Crippen LogP contribution in [0.4, 0.5) is 5.95 Å². The number of halogens is 1. The van der Waals surface area contributed by atoms with Crippen molar-refractivity contribution < 1.29 is 4.79 Å². The number of benzene rings is 1. The number of hydrogen-bond acceptors (Lipinski definition) is 3. The van der Waals surface area contributed by atoms with E-state index in [1.807, 2.05) is 24.3 Å². The Morgan fingerprint density at radius 2 is 2.26 bits per heavy atom. The van der Waals surface area contributed by atoms with Gasteiger partial charge in [0.15, 0.2) is 0 Å². The van der Waals surface area contributed by atoms with Crippen LogP contribution in [0.5, 0.6) is 0 Å². The van der Waals surface area contributed by atoms with Gasteiger partial charge in [-0.15, -0.1) is 10.2 Å². The lowest BCUT2D eigenvalue weighted by Crippen LogP contribution is -2.29. The van der Waals surface area contributed by atoms with E-state index < -0.39 is 5.41 Å². The Bertz CT molecular complexity index is 633. The van der Waals surface area contributed by atoms with E-state index >= 15 is 0 Å². The van der Waals surface area contributed by atoms with Crippen LogP contribution in [0.25, 0.3) is 0 Å². The molecule has 6 heteroatoms. The Labute approximate surface area is 119 Å². The molecule has 19 heavy (non-hydrogen) atoms. The maximum Gasteiger partial charge on any atom is 0.237 e. The normalized spacial score (nSPS) is 16.1. The van der Waals surface area contributed by atoms with Gasteiger partial charge in [-0.05, 0) is 30.5 Å². The number of nitrogens with zero attached hydrogens (tertiary/aromatic N) is 3. The highest BCUT2D eigenvalue weighted by atomic mass is 79.9. The summed E-state index contributed by atoms with van der Waals surface area (Å²) in [5.41, 5.74) is 0.636. The number of anilines is 1. The summed E-state index contributed by atoms with van der Waals surface area (Å²) in [6.45, 7) is 0. The molecule has 1 amide bonds. The number of rotatable bonds is 3.